The van der Waals surface area contributed by atoms with Crippen LogP contribution in [0.2, 0.25) is 5.15 Å². The highest BCUT2D eigenvalue weighted by molar-refractivity contribution is 7.92. The third-order valence-corrected chi connectivity index (χ3v) is 7.19. The first-order valence-corrected chi connectivity index (χ1v) is 12.6. The molecule has 0 saturated heterocycles. The van der Waals surface area contributed by atoms with E-state index < -0.39 is 20.6 Å². The first-order valence-electron chi connectivity index (χ1n) is 9.95. The highest BCUT2D eigenvalue weighted by atomic mass is 35.5. The number of thiazole rings is 1. The number of nitrogens with one attached hydrogen (secondary N) is 3. The summed E-state index contributed by atoms with van der Waals surface area (Å²) in [6.45, 7) is 0. The molecule has 13 heteroatoms. The van der Waals surface area contributed by atoms with E-state index in [1.54, 1.807) is 30.3 Å². The van der Waals surface area contributed by atoms with E-state index in [1.807, 2.05) is 30.3 Å². The van der Waals surface area contributed by atoms with Crippen molar-refractivity contribution in [2.24, 2.45) is 5.10 Å². The molecule has 178 valence electrons. The van der Waals surface area contributed by atoms with Crippen molar-refractivity contribution in [1.29, 1.82) is 0 Å². The minimum Gasteiger partial charge on any atom is -0.331 e. The molecule has 4 rings (SSSR count). The van der Waals surface area contributed by atoms with Crippen molar-refractivity contribution >= 4 is 67.1 Å². The summed E-state index contributed by atoms with van der Waals surface area (Å²) in [5.74, 6) is 0. The smallest absolute Gasteiger partial charge is 0.295 e. The van der Waals surface area contributed by atoms with Gasteiger partial charge in [0.15, 0.2) is 10.3 Å². The number of benzene rings is 3. The minimum atomic E-state index is -4.03. The van der Waals surface area contributed by atoms with Gasteiger partial charge in [0.25, 0.3) is 15.7 Å². The number of halogens is 1. The lowest BCUT2D eigenvalue weighted by Crippen LogP contribution is -2.13. The van der Waals surface area contributed by atoms with Gasteiger partial charge in [0.2, 0.25) is 0 Å². The molecule has 0 fully saturated rings. The normalized spacial score (nSPS) is 11.3. The van der Waals surface area contributed by atoms with Crippen LogP contribution in [0.25, 0.3) is 0 Å². The van der Waals surface area contributed by atoms with Gasteiger partial charge in [-0.1, -0.05) is 59.3 Å². The van der Waals surface area contributed by atoms with E-state index in [1.165, 1.54) is 29.7 Å². The van der Waals surface area contributed by atoms with Crippen LogP contribution < -0.4 is 15.5 Å². The summed E-state index contributed by atoms with van der Waals surface area (Å²) < 4.78 is 27.7. The lowest BCUT2D eigenvalue weighted by Gasteiger charge is -2.09. The molecule has 0 radical (unpaired) electrons. The second-order valence-corrected chi connectivity index (χ2v) is 10.0. The molecule has 3 N–H and O–H groups in total. The summed E-state index contributed by atoms with van der Waals surface area (Å²) in [4.78, 5) is 15.4. The Kier molecular flexibility index (Phi) is 7.25. The number of nitro groups is 1. The predicted molar refractivity (Wildman–Crippen MR) is 138 cm³/mol. The van der Waals surface area contributed by atoms with Crippen molar-refractivity contribution in [2.75, 3.05) is 15.5 Å². The predicted octanol–water partition coefficient (Wildman–Crippen LogP) is 5.70. The van der Waals surface area contributed by atoms with E-state index >= 15 is 0 Å². The molecular weight excluding hydrogens is 512 g/mol. The molecule has 0 unspecified atom stereocenters. The summed E-state index contributed by atoms with van der Waals surface area (Å²) >= 11 is 7.41. The Bertz CT molecular complexity index is 1480. The zero-order valence-electron chi connectivity index (χ0n) is 17.8. The number of hydrogen-bond donors (Lipinski definition) is 3. The van der Waals surface area contributed by atoms with Gasteiger partial charge in [0.1, 0.15) is 5.69 Å². The lowest BCUT2D eigenvalue weighted by atomic mass is 10.3. The molecule has 0 saturated carbocycles. The average Bonchev–Trinajstić information content (AvgIpc) is 3.18. The third kappa shape index (κ3) is 6.12. The van der Waals surface area contributed by atoms with Crippen LogP contribution in [-0.4, -0.2) is 24.5 Å². The molecule has 3 aromatic carbocycles. The Hall–Kier alpha value is -4.00. The fraction of sp³-hybridized carbons (Fsp3) is 0. The van der Waals surface area contributed by atoms with Gasteiger partial charge >= 0.3 is 0 Å². The Balaban J connectivity index is 1.50. The zero-order chi connectivity index (χ0) is 24.8. The van der Waals surface area contributed by atoms with Gasteiger partial charge in [0, 0.05) is 17.4 Å². The quantitative estimate of drug-likeness (QED) is 0.144. The monoisotopic (exact) mass is 528 g/mol. The van der Waals surface area contributed by atoms with Crippen LogP contribution in [0, 0.1) is 10.1 Å². The fourth-order valence-electron chi connectivity index (χ4n) is 2.90. The molecule has 0 aliphatic rings. The maximum absolute atomic E-state index is 12.6. The number of rotatable bonds is 9. The van der Waals surface area contributed by atoms with Gasteiger partial charge in [-0.3, -0.25) is 20.3 Å². The third-order valence-electron chi connectivity index (χ3n) is 4.50. The Morgan fingerprint density at radius 2 is 1.66 bits per heavy atom. The van der Waals surface area contributed by atoms with E-state index in [-0.39, 0.29) is 15.7 Å². The molecule has 0 atom stereocenters. The molecule has 0 aliphatic heterocycles. The molecule has 4 aromatic rings. The van der Waals surface area contributed by atoms with Gasteiger partial charge in [-0.25, -0.2) is 13.4 Å². The first kappa shape index (κ1) is 24.1. The maximum Gasteiger partial charge on any atom is 0.295 e. The zero-order valence-corrected chi connectivity index (χ0v) is 20.1. The van der Waals surface area contributed by atoms with E-state index in [0.717, 1.165) is 11.8 Å². The molecule has 1 heterocycles. The summed E-state index contributed by atoms with van der Waals surface area (Å²) in [7, 11) is -4.03. The molecule has 0 spiro atoms. The van der Waals surface area contributed by atoms with Crippen molar-refractivity contribution in [3.05, 3.63) is 99.0 Å². The summed E-state index contributed by atoms with van der Waals surface area (Å²) in [6, 6.07) is 21.1. The van der Waals surface area contributed by atoms with Crippen LogP contribution in [0.4, 0.5) is 27.9 Å². The average molecular weight is 529 g/mol. The maximum atomic E-state index is 12.6. The van der Waals surface area contributed by atoms with E-state index in [4.69, 9.17) is 11.6 Å². The Morgan fingerprint density at radius 3 is 2.31 bits per heavy atom. The molecule has 0 aliphatic carbocycles. The van der Waals surface area contributed by atoms with Crippen LogP contribution >= 0.6 is 22.9 Å². The highest BCUT2D eigenvalue weighted by Gasteiger charge is 2.21. The number of hydrazone groups is 1. The van der Waals surface area contributed by atoms with Gasteiger partial charge in [0.05, 0.1) is 20.9 Å². The Labute approximate surface area is 209 Å². The van der Waals surface area contributed by atoms with E-state index in [9.17, 15) is 18.5 Å². The highest BCUT2D eigenvalue weighted by Crippen LogP contribution is 2.30. The molecular formula is C22H17ClN6O4S2. The number of nitro benzene ring substituents is 1. The Morgan fingerprint density at radius 1 is 1.00 bits per heavy atom. The van der Waals surface area contributed by atoms with Crippen molar-refractivity contribution < 1.29 is 13.3 Å². The summed E-state index contributed by atoms with van der Waals surface area (Å²) in [5, 5.41) is 19.5. The van der Waals surface area contributed by atoms with Crippen molar-refractivity contribution in [1.82, 2.24) is 4.98 Å². The van der Waals surface area contributed by atoms with Crippen molar-refractivity contribution in [2.45, 2.75) is 4.90 Å². The van der Waals surface area contributed by atoms with Crippen LogP contribution in [0.15, 0.2) is 88.9 Å². The number of sulfonamides is 1. The molecule has 0 bridgehead atoms. The van der Waals surface area contributed by atoms with Crippen LogP contribution in [0.5, 0.6) is 0 Å². The van der Waals surface area contributed by atoms with Gasteiger partial charge in [-0.15, -0.1) is 0 Å². The number of nitrogens with zero attached hydrogens (tertiary/aromatic N) is 3. The van der Waals surface area contributed by atoms with Gasteiger partial charge in [-0.2, -0.15) is 5.10 Å². The molecule has 1 aromatic heterocycles. The molecule has 10 nitrogen and oxygen atoms in total. The largest absolute Gasteiger partial charge is 0.331 e. The number of anilines is 4. The van der Waals surface area contributed by atoms with E-state index in [2.05, 4.69) is 25.6 Å². The first-order chi connectivity index (χ1) is 16.8. The minimum absolute atomic E-state index is 0.00758. The molecule has 35 heavy (non-hydrogen) atoms. The topological polar surface area (TPSA) is 139 Å². The van der Waals surface area contributed by atoms with Gasteiger partial charge < -0.3 is 5.32 Å². The fourth-order valence-corrected chi connectivity index (χ4v) is 5.02. The SMILES string of the molecule is O=[N+]([O-])c1cc(S(=O)(=O)Nc2ccccc2)ccc1N/N=C\c1sc(Nc2ccccc2)nc1Cl. The van der Waals surface area contributed by atoms with Crippen LogP contribution in [0.1, 0.15) is 4.88 Å². The standard InChI is InChI=1S/C22H17ClN6O4S2/c23-21-20(34-22(26-21)25-15-7-3-1-4-8-15)14-24-27-18-12-11-17(13-19(18)29(30)31)35(32,33)28-16-9-5-2-6-10-16/h1-14,27-28H,(H,25,26)/b24-14-. The second-order valence-electron chi connectivity index (χ2n) is 6.94. The lowest BCUT2D eigenvalue weighted by molar-refractivity contribution is -0.384. The second kappa shape index (κ2) is 10.5. The summed E-state index contributed by atoms with van der Waals surface area (Å²) in [6.07, 6.45) is 1.38. The van der Waals surface area contributed by atoms with Gasteiger partial charge in [-0.05, 0) is 36.4 Å². The van der Waals surface area contributed by atoms with E-state index in [0.29, 0.717) is 15.7 Å². The van der Waals surface area contributed by atoms with Crippen LogP contribution in [0.3, 0.4) is 0 Å². The van der Waals surface area contributed by atoms with Crippen molar-refractivity contribution in [3.63, 3.8) is 0 Å². The number of para-hydroxylation sites is 2. The summed E-state index contributed by atoms with van der Waals surface area (Å²) in [5.41, 5.74) is 3.30. The van der Waals surface area contributed by atoms with Crippen LogP contribution in [-0.2, 0) is 10.0 Å². The number of aromatic nitrogens is 1. The number of hydrogen-bond acceptors (Lipinski definition) is 9. The van der Waals surface area contributed by atoms with Crippen molar-refractivity contribution in [3.8, 4) is 0 Å². The molecule has 0 amide bonds.